The van der Waals surface area contributed by atoms with Gasteiger partial charge in [-0.2, -0.15) is 4.98 Å². The topological polar surface area (TPSA) is 88.4 Å². The molecule has 1 aliphatic rings. The molecule has 2 heterocycles. The first-order valence-corrected chi connectivity index (χ1v) is 13.1. The molecule has 0 spiro atoms. The van der Waals surface area contributed by atoms with E-state index in [9.17, 15) is 9.90 Å². The summed E-state index contributed by atoms with van der Waals surface area (Å²) in [6.45, 7) is 15.9. The van der Waals surface area contributed by atoms with Crippen LogP contribution in [0.15, 0.2) is 41.6 Å². The Morgan fingerprint density at radius 1 is 1.06 bits per heavy atom. The smallest absolute Gasteiger partial charge is 0.247 e. The number of phenolic OH excluding ortho intramolecular Hbond substituents is 1. The van der Waals surface area contributed by atoms with Crippen LogP contribution in [0.1, 0.15) is 78.3 Å². The third-order valence-electron chi connectivity index (χ3n) is 6.16. The van der Waals surface area contributed by atoms with Crippen molar-refractivity contribution in [3.8, 4) is 22.9 Å². The van der Waals surface area contributed by atoms with Gasteiger partial charge in [0.15, 0.2) is 5.69 Å². The molecular formula is C28H34N4O3S. The lowest BCUT2D eigenvalue weighted by molar-refractivity contribution is -0.118. The molecule has 0 bridgehead atoms. The average Bonchev–Trinajstić information content (AvgIpc) is 2.92. The van der Waals surface area contributed by atoms with Crippen molar-refractivity contribution in [2.24, 2.45) is 0 Å². The molecule has 7 nitrogen and oxygen atoms in total. The molecule has 0 aliphatic carbocycles. The summed E-state index contributed by atoms with van der Waals surface area (Å²) in [5.74, 6) is 1.21. The van der Waals surface area contributed by atoms with Crippen molar-refractivity contribution in [2.45, 2.75) is 77.6 Å². The molecule has 1 aliphatic heterocycles. The predicted octanol–water partition coefficient (Wildman–Crippen LogP) is 6.40. The van der Waals surface area contributed by atoms with Crippen LogP contribution in [0, 0.1) is 0 Å². The third kappa shape index (κ3) is 4.78. The van der Waals surface area contributed by atoms with Crippen molar-refractivity contribution in [3.63, 3.8) is 0 Å². The van der Waals surface area contributed by atoms with Crippen molar-refractivity contribution < 1.29 is 14.6 Å². The Hall–Kier alpha value is -3.13. The quantitative estimate of drug-likeness (QED) is 0.411. The maximum Gasteiger partial charge on any atom is 0.247 e. The molecule has 2 aromatic carbocycles. The van der Waals surface area contributed by atoms with Gasteiger partial charge in [-0.1, -0.05) is 78.4 Å². The minimum Gasteiger partial charge on any atom is -0.507 e. The highest BCUT2D eigenvalue weighted by atomic mass is 32.2. The van der Waals surface area contributed by atoms with Gasteiger partial charge in [-0.3, -0.25) is 9.69 Å². The summed E-state index contributed by atoms with van der Waals surface area (Å²) >= 11 is 1.48. The zero-order valence-corrected chi connectivity index (χ0v) is 23.0. The number of phenols is 1. The van der Waals surface area contributed by atoms with Crippen LogP contribution in [-0.2, 0) is 15.6 Å². The van der Waals surface area contributed by atoms with E-state index in [1.807, 2.05) is 43.3 Å². The molecule has 1 aromatic heterocycles. The Morgan fingerprint density at radius 2 is 1.67 bits per heavy atom. The predicted molar refractivity (Wildman–Crippen MR) is 144 cm³/mol. The van der Waals surface area contributed by atoms with Crippen LogP contribution < -0.4 is 9.64 Å². The number of anilines is 1. The Kier molecular flexibility index (Phi) is 6.77. The molecule has 36 heavy (non-hydrogen) atoms. The van der Waals surface area contributed by atoms with E-state index in [4.69, 9.17) is 4.74 Å². The highest BCUT2D eigenvalue weighted by molar-refractivity contribution is 7.99. The third-order valence-corrected chi connectivity index (χ3v) is 6.88. The second-order valence-corrected chi connectivity index (χ2v) is 12.3. The SMILES string of the molecule is CCSc1nnc2c(n1)OC(c1cc(C(C)(C)C)c(O)c(C(C)(C)C)c1)N(C(C)=O)c1ccccc1-2. The van der Waals surface area contributed by atoms with Crippen LogP contribution in [0.25, 0.3) is 11.3 Å². The van der Waals surface area contributed by atoms with Crippen molar-refractivity contribution in [2.75, 3.05) is 10.7 Å². The maximum absolute atomic E-state index is 13.2. The molecule has 8 heteroatoms. The van der Waals surface area contributed by atoms with E-state index < -0.39 is 6.23 Å². The number of benzene rings is 2. The van der Waals surface area contributed by atoms with Crippen molar-refractivity contribution in [3.05, 3.63) is 53.1 Å². The molecular weight excluding hydrogens is 472 g/mol. The summed E-state index contributed by atoms with van der Waals surface area (Å²) in [5, 5.41) is 20.5. The van der Waals surface area contributed by atoms with Crippen LogP contribution in [-0.4, -0.2) is 31.9 Å². The van der Waals surface area contributed by atoms with E-state index in [0.717, 1.165) is 28.0 Å². The highest BCUT2D eigenvalue weighted by Crippen LogP contribution is 2.46. The standard InChI is InChI=1S/C28H34N4O3S/c1-9-36-26-29-24-22(30-31-26)18-12-10-11-13-21(18)32(16(2)33)25(35-24)17-14-19(27(3,4)5)23(34)20(15-17)28(6,7)8/h10-15,25,34H,9H2,1-8H3. The van der Waals surface area contributed by atoms with Crippen molar-refractivity contribution in [1.29, 1.82) is 0 Å². The van der Waals surface area contributed by atoms with Gasteiger partial charge in [0.2, 0.25) is 23.2 Å². The number of carbonyl (C=O) groups is 1. The Morgan fingerprint density at radius 3 is 2.22 bits per heavy atom. The number of fused-ring (bicyclic) bond motifs is 3. The number of aromatic hydroxyl groups is 1. The molecule has 0 radical (unpaired) electrons. The Labute approximate surface area is 217 Å². The fraction of sp³-hybridized carbons (Fsp3) is 0.429. The van der Waals surface area contributed by atoms with Crippen LogP contribution >= 0.6 is 11.8 Å². The summed E-state index contributed by atoms with van der Waals surface area (Å²) < 4.78 is 6.56. The molecule has 0 saturated heterocycles. The largest absolute Gasteiger partial charge is 0.507 e. The monoisotopic (exact) mass is 506 g/mol. The fourth-order valence-electron chi connectivity index (χ4n) is 4.40. The summed E-state index contributed by atoms with van der Waals surface area (Å²) in [5.41, 5.74) is 3.55. The van der Waals surface area contributed by atoms with Crippen LogP contribution in [0.5, 0.6) is 11.6 Å². The van der Waals surface area contributed by atoms with Crippen LogP contribution in [0.3, 0.4) is 0 Å². The van der Waals surface area contributed by atoms with Gasteiger partial charge < -0.3 is 9.84 Å². The number of hydrogen-bond donors (Lipinski definition) is 1. The van der Waals surface area contributed by atoms with E-state index in [0.29, 0.717) is 22.4 Å². The molecule has 1 unspecified atom stereocenters. The van der Waals surface area contributed by atoms with Gasteiger partial charge in [-0.25, -0.2) is 0 Å². The lowest BCUT2D eigenvalue weighted by Crippen LogP contribution is -2.36. The number of amides is 1. The van der Waals surface area contributed by atoms with Gasteiger partial charge in [-0.05, 0) is 34.8 Å². The number of nitrogens with zero attached hydrogens (tertiary/aromatic N) is 4. The lowest BCUT2D eigenvalue weighted by atomic mass is 9.78. The number of ether oxygens (including phenoxy) is 1. The van der Waals surface area contributed by atoms with Gasteiger partial charge in [0.05, 0.1) is 5.69 Å². The Bertz CT molecular complexity index is 1280. The number of rotatable bonds is 3. The molecule has 0 saturated carbocycles. The van der Waals surface area contributed by atoms with E-state index in [2.05, 4.69) is 56.7 Å². The second-order valence-electron chi connectivity index (χ2n) is 11.0. The minimum absolute atomic E-state index is 0.181. The summed E-state index contributed by atoms with van der Waals surface area (Å²) in [7, 11) is 0. The minimum atomic E-state index is -0.816. The zero-order valence-electron chi connectivity index (χ0n) is 22.2. The van der Waals surface area contributed by atoms with Gasteiger partial charge in [0.1, 0.15) is 5.75 Å². The number of carbonyl (C=O) groups excluding carboxylic acids is 1. The molecule has 1 atom stereocenters. The number of hydrogen-bond acceptors (Lipinski definition) is 7. The Balaban J connectivity index is 2.03. The first-order chi connectivity index (χ1) is 16.8. The summed E-state index contributed by atoms with van der Waals surface area (Å²) in [4.78, 5) is 19.5. The first-order valence-electron chi connectivity index (χ1n) is 12.1. The molecule has 1 amide bonds. The van der Waals surface area contributed by atoms with Crippen LogP contribution in [0.4, 0.5) is 5.69 Å². The highest BCUT2D eigenvalue weighted by Gasteiger charge is 2.37. The van der Waals surface area contributed by atoms with Gasteiger partial charge in [0, 0.05) is 29.2 Å². The summed E-state index contributed by atoms with van der Waals surface area (Å²) in [6, 6.07) is 11.4. The van der Waals surface area contributed by atoms with Gasteiger partial charge in [0.25, 0.3) is 0 Å². The molecule has 0 fully saturated rings. The average molecular weight is 507 g/mol. The maximum atomic E-state index is 13.2. The van der Waals surface area contributed by atoms with E-state index >= 15 is 0 Å². The van der Waals surface area contributed by atoms with E-state index in [1.54, 1.807) is 4.90 Å². The van der Waals surface area contributed by atoms with Crippen LogP contribution in [0.2, 0.25) is 0 Å². The second kappa shape index (κ2) is 9.39. The van der Waals surface area contributed by atoms with E-state index in [1.165, 1.54) is 18.7 Å². The number of aromatic nitrogens is 3. The van der Waals surface area contributed by atoms with Crippen molar-refractivity contribution in [1.82, 2.24) is 15.2 Å². The molecule has 190 valence electrons. The normalized spacial score (nSPS) is 15.6. The number of thioether (sulfide) groups is 1. The molecule has 4 rings (SSSR count). The summed E-state index contributed by atoms with van der Waals surface area (Å²) in [6.07, 6.45) is -0.816. The molecule has 1 N–H and O–H groups in total. The fourth-order valence-corrected chi connectivity index (χ4v) is 4.91. The van der Waals surface area contributed by atoms with Gasteiger partial charge >= 0.3 is 0 Å². The molecule has 3 aromatic rings. The lowest BCUT2D eigenvalue weighted by Gasteiger charge is -2.33. The van der Waals surface area contributed by atoms with E-state index in [-0.39, 0.29) is 22.5 Å². The van der Waals surface area contributed by atoms with Crippen molar-refractivity contribution >= 4 is 23.4 Å². The first kappa shape index (κ1) is 25.9. The zero-order chi connectivity index (χ0) is 26.4. The number of para-hydroxylation sites is 1. The van der Waals surface area contributed by atoms with Gasteiger partial charge in [-0.15, -0.1) is 10.2 Å².